The molecule has 1 aromatic carbocycles. The van der Waals surface area contributed by atoms with Gasteiger partial charge in [-0.2, -0.15) is 0 Å². The molecular weight excluding hydrogens is 348 g/mol. The van der Waals surface area contributed by atoms with Crippen LogP contribution in [0.4, 0.5) is 0 Å². The van der Waals surface area contributed by atoms with Gasteiger partial charge in [0, 0.05) is 5.56 Å². The van der Waals surface area contributed by atoms with E-state index in [9.17, 15) is 9.59 Å². The first kappa shape index (κ1) is 20.4. The Balaban J connectivity index is 2.14. The highest BCUT2D eigenvalue weighted by Gasteiger charge is 2.27. The quantitative estimate of drug-likeness (QED) is 0.741. The van der Waals surface area contributed by atoms with E-state index >= 15 is 0 Å². The maximum Gasteiger partial charge on any atom is 0.287 e. The van der Waals surface area contributed by atoms with Gasteiger partial charge < -0.3 is 24.5 Å². The number of carbonyl (C=O) groups excluding carboxylic acids is 2. The van der Waals surface area contributed by atoms with Gasteiger partial charge in [-0.1, -0.05) is 13.8 Å². The lowest BCUT2D eigenvalue weighted by molar-refractivity contribution is -0.124. The number of hydrogen-bond acceptors (Lipinski definition) is 5. The second-order valence-electron chi connectivity index (χ2n) is 6.51. The van der Waals surface area contributed by atoms with Crippen molar-refractivity contribution in [1.29, 1.82) is 0 Å². The van der Waals surface area contributed by atoms with E-state index in [4.69, 9.17) is 13.9 Å². The Morgan fingerprint density at radius 2 is 1.78 bits per heavy atom. The lowest BCUT2D eigenvalue weighted by Crippen LogP contribution is -2.50. The second-order valence-corrected chi connectivity index (χ2v) is 6.51. The van der Waals surface area contributed by atoms with Crippen LogP contribution in [-0.2, 0) is 4.79 Å². The Morgan fingerprint density at radius 3 is 2.33 bits per heavy atom. The lowest BCUT2D eigenvalue weighted by atomic mass is 10.0. The van der Waals surface area contributed by atoms with Crippen molar-refractivity contribution in [3.05, 3.63) is 47.9 Å². The van der Waals surface area contributed by atoms with Gasteiger partial charge in [-0.25, -0.2) is 0 Å². The van der Waals surface area contributed by atoms with Crippen LogP contribution in [0.25, 0.3) is 0 Å². The number of rotatable bonds is 8. The number of ether oxygens (including phenoxy) is 2. The van der Waals surface area contributed by atoms with Crippen LogP contribution in [0.5, 0.6) is 11.5 Å². The molecule has 0 bridgehead atoms. The van der Waals surface area contributed by atoms with E-state index in [1.54, 1.807) is 38.5 Å². The van der Waals surface area contributed by atoms with Crippen LogP contribution in [0, 0.1) is 5.92 Å². The molecule has 1 heterocycles. The van der Waals surface area contributed by atoms with Crippen molar-refractivity contribution < 1.29 is 23.5 Å². The third-order valence-electron chi connectivity index (χ3n) is 4.24. The maximum absolute atomic E-state index is 12.8. The topological polar surface area (TPSA) is 89.8 Å². The van der Waals surface area contributed by atoms with Gasteiger partial charge in [0.15, 0.2) is 5.76 Å². The van der Waals surface area contributed by atoms with E-state index in [2.05, 4.69) is 10.6 Å². The number of nitrogens with one attached hydrogen (secondary N) is 2. The van der Waals surface area contributed by atoms with Crippen LogP contribution in [0.1, 0.15) is 42.9 Å². The molecule has 2 unspecified atom stereocenters. The van der Waals surface area contributed by atoms with E-state index in [-0.39, 0.29) is 23.6 Å². The molecule has 2 rings (SSSR count). The molecule has 0 radical (unpaired) electrons. The third kappa shape index (κ3) is 5.03. The van der Waals surface area contributed by atoms with E-state index in [1.807, 2.05) is 26.8 Å². The number of carbonyl (C=O) groups is 2. The largest absolute Gasteiger partial charge is 0.497 e. The smallest absolute Gasteiger partial charge is 0.287 e. The number of hydrogen-bond donors (Lipinski definition) is 2. The lowest BCUT2D eigenvalue weighted by Gasteiger charge is -2.24. The highest BCUT2D eigenvalue weighted by atomic mass is 16.5. The van der Waals surface area contributed by atoms with Gasteiger partial charge in [0.05, 0.1) is 26.5 Å². The summed E-state index contributed by atoms with van der Waals surface area (Å²) in [5.74, 6) is 0.643. The number of furan rings is 1. The van der Waals surface area contributed by atoms with Gasteiger partial charge in [0.25, 0.3) is 5.91 Å². The molecule has 0 saturated carbocycles. The van der Waals surface area contributed by atoms with Gasteiger partial charge in [-0.15, -0.1) is 0 Å². The number of methoxy groups -OCH3 is 2. The Bertz CT molecular complexity index is 771. The first-order valence-corrected chi connectivity index (χ1v) is 8.74. The van der Waals surface area contributed by atoms with E-state index in [0.29, 0.717) is 11.5 Å². The molecule has 0 aliphatic rings. The summed E-state index contributed by atoms with van der Waals surface area (Å²) < 4.78 is 15.7. The summed E-state index contributed by atoms with van der Waals surface area (Å²) >= 11 is 0. The monoisotopic (exact) mass is 374 g/mol. The van der Waals surface area contributed by atoms with E-state index in [1.165, 1.54) is 6.26 Å². The molecule has 2 atom stereocenters. The molecule has 1 aromatic heterocycles. The molecule has 2 N–H and O–H groups in total. The molecule has 2 amide bonds. The zero-order chi connectivity index (χ0) is 20.0. The van der Waals surface area contributed by atoms with Gasteiger partial charge in [0.1, 0.15) is 17.5 Å². The molecule has 2 aromatic rings. The predicted molar refractivity (Wildman–Crippen MR) is 101 cm³/mol. The maximum atomic E-state index is 12.8. The van der Waals surface area contributed by atoms with Crippen molar-refractivity contribution in [3.8, 4) is 11.5 Å². The predicted octanol–water partition coefficient (Wildman–Crippen LogP) is 2.93. The van der Waals surface area contributed by atoms with E-state index in [0.717, 1.165) is 5.56 Å². The Morgan fingerprint density at radius 1 is 1.04 bits per heavy atom. The Hall–Kier alpha value is -2.96. The van der Waals surface area contributed by atoms with Gasteiger partial charge in [0.2, 0.25) is 5.91 Å². The molecule has 7 heteroatoms. The van der Waals surface area contributed by atoms with Crippen LogP contribution in [0.3, 0.4) is 0 Å². The molecule has 27 heavy (non-hydrogen) atoms. The minimum Gasteiger partial charge on any atom is -0.497 e. The highest BCUT2D eigenvalue weighted by molar-refractivity contribution is 5.95. The summed E-state index contributed by atoms with van der Waals surface area (Å²) in [5, 5.41) is 5.66. The zero-order valence-electron chi connectivity index (χ0n) is 16.2. The number of amides is 2. The molecule has 0 aliphatic heterocycles. The summed E-state index contributed by atoms with van der Waals surface area (Å²) in [4.78, 5) is 25.0. The summed E-state index contributed by atoms with van der Waals surface area (Å²) in [7, 11) is 3.15. The van der Waals surface area contributed by atoms with Crippen molar-refractivity contribution in [2.75, 3.05) is 14.2 Å². The minimum absolute atomic E-state index is 0.108. The molecule has 7 nitrogen and oxygen atoms in total. The molecule has 0 saturated heterocycles. The van der Waals surface area contributed by atoms with Crippen LogP contribution >= 0.6 is 0 Å². The fourth-order valence-corrected chi connectivity index (χ4v) is 2.71. The second kappa shape index (κ2) is 9.12. The Kier molecular flexibility index (Phi) is 6.87. The van der Waals surface area contributed by atoms with Gasteiger partial charge >= 0.3 is 0 Å². The Labute approximate surface area is 159 Å². The zero-order valence-corrected chi connectivity index (χ0v) is 16.2. The van der Waals surface area contributed by atoms with Crippen molar-refractivity contribution in [2.24, 2.45) is 5.92 Å². The van der Waals surface area contributed by atoms with Crippen molar-refractivity contribution >= 4 is 11.8 Å². The standard InChI is InChI=1S/C20H26N2O5/c1-12(2)18(22-19(23)17-7-6-10-27-17)20(24)21-13(3)15-11-14(25-4)8-9-16(15)26-5/h6-13,18H,1-5H3,(H,21,24)(H,22,23). The minimum atomic E-state index is -0.707. The van der Waals surface area contributed by atoms with Crippen molar-refractivity contribution in [1.82, 2.24) is 10.6 Å². The number of benzene rings is 1. The van der Waals surface area contributed by atoms with Crippen LogP contribution in [0.15, 0.2) is 41.0 Å². The third-order valence-corrected chi connectivity index (χ3v) is 4.24. The average Bonchev–Trinajstić information content (AvgIpc) is 3.19. The molecule has 0 fully saturated rings. The van der Waals surface area contributed by atoms with Gasteiger partial charge in [-0.3, -0.25) is 9.59 Å². The summed E-state index contributed by atoms with van der Waals surface area (Å²) in [6.07, 6.45) is 1.41. The van der Waals surface area contributed by atoms with Gasteiger partial charge in [-0.05, 0) is 43.2 Å². The first-order valence-electron chi connectivity index (χ1n) is 8.74. The summed E-state index contributed by atoms with van der Waals surface area (Å²) in [6.45, 7) is 5.58. The SMILES string of the molecule is COc1ccc(OC)c(C(C)NC(=O)C(NC(=O)c2ccco2)C(C)C)c1. The summed E-state index contributed by atoms with van der Waals surface area (Å²) in [5.41, 5.74) is 0.782. The molecule has 0 spiro atoms. The van der Waals surface area contributed by atoms with Crippen LogP contribution in [0.2, 0.25) is 0 Å². The fourth-order valence-electron chi connectivity index (χ4n) is 2.71. The normalized spacial score (nSPS) is 13.0. The van der Waals surface area contributed by atoms with Crippen molar-refractivity contribution in [3.63, 3.8) is 0 Å². The van der Waals surface area contributed by atoms with E-state index < -0.39 is 11.9 Å². The van der Waals surface area contributed by atoms with Crippen molar-refractivity contribution in [2.45, 2.75) is 32.9 Å². The van der Waals surface area contributed by atoms with Crippen LogP contribution in [-0.4, -0.2) is 32.1 Å². The van der Waals surface area contributed by atoms with Crippen LogP contribution < -0.4 is 20.1 Å². The highest BCUT2D eigenvalue weighted by Crippen LogP contribution is 2.29. The average molecular weight is 374 g/mol. The summed E-state index contributed by atoms with van der Waals surface area (Å²) in [6, 6.07) is 7.51. The molecule has 146 valence electrons. The molecular formula is C20H26N2O5. The first-order chi connectivity index (χ1) is 12.9. The fraction of sp³-hybridized carbons (Fsp3) is 0.400. The molecule has 0 aliphatic carbocycles.